The molecule has 0 unspecified atom stereocenters. The Morgan fingerprint density at radius 3 is 2.62 bits per heavy atom. The second kappa shape index (κ2) is 6.87. The van der Waals surface area contributed by atoms with E-state index < -0.39 is 0 Å². The van der Waals surface area contributed by atoms with Gasteiger partial charge >= 0.3 is 5.97 Å². The van der Waals surface area contributed by atoms with Crippen LogP contribution in [0.5, 0.6) is 0 Å². The standard InChI is InChI=1S/C15H15NO3S2/c1-3-8-16-13(17)12(21-15(16)20)9-10-4-6-11(7-5-10)14(18)19-2/h4-7,9H,3,8H2,1-2H3. The normalized spacial score (nSPS) is 16.7. The van der Waals surface area contributed by atoms with Gasteiger partial charge in [0.2, 0.25) is 0 Å². The second-order valence-corrected chi connectivity index (χ2v) is 6.12. The van der Waals surface area contributed by atoms with E-state index in [1.54, 1.807) is 35.2 Å². The SMILES string of the molecule is CCCN1C(=O)C(=Cc2ccc(C(=O)OC)cc2)SC1=S. The summed E-state index contributed by atoms with van der Waals surface area (Å²) in [6.07, 6.45) is 2.66. The number of ether oxygens (including phenoxy) is 1. The minimum atomic E-state index is -0.379. The van der Waals surface area contributed by atoms with Crippen molar-refractivity contribution < 1.29 is 14.3 Å². The average Bonchev–Trinajstić information content (AvgIpc) is 2.75. The number of amides is 1. The van der Waals surface area contributed by atoms with Gasteiger partial charge in [-0.3, -0.25) is 9.69 Å². The number of methoxy groups -OCH3 is 1. The Bertz CT molecular complexity index is 608. The van der Waals surface area contributed by atoms with E-state index in [1.165, 1.54) is 18.9 Å². The van der Waals surface area contributed by atoms with Gasteiger partial charge in [-0.15, -0.1) is 0 Å². The first kappa shape index (κ1) is 15.7. The summed E-state index contributed by atoms with van der Waals surface area (Å²) in [7, 11) is 1.34. The molecular formula is C15H15NO3S2. The minimum Gasteiger partial charge on any atom is -0.465 e. The largest absolute Gasteiger partial charge is 0.465 e. The summed E-state index contributed by atoms with van der Waals surface area (Å²) in [5.41, 5.74) is 1.33. The maximum absolute atomic E-state index is 12.2. The first-order valence-electron chi connectivity index (χ1n) is 6.50. The highest BCUT2D eigenvalue weighted by molar-refractivity contribution is 8.26. The number of rotatable bonds is 4. The Morgan fingerprint density at radius 1 is 1.38 bits per heavy atom. The molecule has 0 atom stereocenters. The van der Waals surface area contributed by atoms with E-state index in [-0.39, 0.29) is 11.9 Å². The predicted octanol–water partition coefficient (Wildman–Crippen LogP) is 3.08. The quantitative estimate of drug-likeness (QED) is 0.484. The lowest BCUT2D eigenvalue weighted by atomic mass is 10.1. The van der Waals surface area contributed by atoms with Crippen LogP contribution < -0.4 is 0 Å². The fourth-order valence-corrected chi connectivity index (χ4v) is 3.21. The van der Waals surface area contributed by atoms with Crippen LogP contribution in [-0.2, 0) is 9.53 Å². The second-order valence-electron chi connectivity index (χ2n) is 4.45. The summed E-state index contributed by atoms with van der Waals surface area (Å²) >= 11 is 6.52. The van der Waals surface area contributed by atoms with Crippen LogP contribution >= 0.6 is 24.0 Å². The molecule has 1 saturated heterocycles. The fourth-order valence-electron chi connectivity index (χ4n) is 1.90. The predicted molar refractivity (Wildman–Crippen MR) is 88.0 cm³/mol. The molecule has 0 N–H and O–H groups in total. The zero-order chi connectivity index (χ0) is 15.4. The van der Waals surface area contributed by atoms with Crippen LogP contribution in [0.3, 0.4) is 0 Å². The fraction of sp³-hybridized carbons (Fsp3) is 0.267. The van der Waals surface area contributed by atoms with Crippen molar-refractivity contribution in [3.63, 3.8) is 0 Å². The zero-order valence-corrected chi connectivity index (χ0v) is 13.4. The highest BCUT2D eigenvalue weighted by atomic mass is 32.2. The number of nitrogens with zero attached hydrogens (tertiary/aromatic N) is 1. The van der Waals surface area contributed by atoms with E-state index in [4.69, 9.17) is 12.2 Å². The Balaban J connectivity index is 2.19. The van der Waals surface area contributed by atoms with Crippen molar-refractivity contribution >= 4 is 46.3 Å². The van der Waals surface area contributed by atoms with Gasteiger partial charge < -0.3 is 4.74 Å². The van der Waals surface area contributed by atoms with Crippen molar-refractivity contribution in [2.75, 3.05) is 13.7 Å². The molecule has 1 aliphatic heterocycles. The Hall–Kier alpha value is -1.66. The summed E-state index contributed by atoms with van der Waals surface area (Å²) in [5, 5.41) is 0. The minimum absolute atomic E-state index is 0.0519. The van der Waals surface area contributed by atoms with E-state index in [1.807, 2.05) is 6.92 Å². The average molecular weight is 321 g/mol. The molecule has 1 aromatic rings. The zero-order valence-electron chi connectivity index (χ0n) is 11.8. The summed E-state index contributed by atoms with van der Waals surface area (Å²) in [6, 6.07) is 6.89. The van der Waals surface area contributed by atoms with Gasteiger partial charge in [-0.1, -0.05) is 43.0 Å². The van der Waals surface area contributed by atoms with E-state index in [0.29, 0.717) is 21.3 Å². The maximum Gasteiger partial charge on any atom is 0.337 e. The summed E-state index contributed by atoms with van der Waals surface area (Å²) in [4.78, 5) is 25.8. The molecule has 2 rings (SSSR count). The number of hydrogen-bond acceptors (Lipinski definition) is 5. The number of carbonyl (C=O) groups is 2. The molecule has 1 amide bonds. The van der Waals surface area contributed by atoms with Crippen LogP contribution in [0.15, 0.2) is 29.2 Å². The van der Waals surface area contributed by atoms with Crippen LogP contribution in [0.1, 0.15) is 29.3 Å². The topological polar surface area (TPSA) is 46.6 Å². The van der Waals surface area contributed by atoms with Gasteiger partial charge in [-0.25, -0.2) is 4.79 Å². The molecule has 1 aromatic carbocycles. The molecule has 1 aliphatic rings. The van der Waals surface area contributed by atoms with Gasteiger partial charge in [0.05, 0.1) is 17.6 Å². The van der Waals surface area contributed by atoms with E-state index in [0.717, 1.165) is 12.0 Å². The molecular weight excluding hydrogens is 306 g/mol. The molecule has 1 heterocycles. The third-order valence-corrected chi connectivity index (χ3v) is 4.33. The van der Waals surface area contributed by atoms with Crippen molar-refractivity contribution in [2.45, 2.75) is 13.3 Å². The maximum atomic E-state index is 12.2. The molecule has 0 saturated carbocycles. The first-order chi connectivity index (χ1) is 10.1. The first-order valence-corrected chi connectivity index (χ1v) is 7.73. The molecule has 0 spiro atoms. The third-order valence-electron chi connectivity index (χ3n) is 2.95. The summed E-state index contributed by atoms with van der Waals surface area (Å²) in [6.45, 7) is 2.65. The summed E-state index contributed by atoms with van der Waals surface area (Å²) in [5.74, 6) is -0.431. The lowest BCUT2D eigenvalue weighted by Gasteiger charge is -2.11. The van der Waals surface area contributed by atoms with Crippen molar-refractivity contribution in [3.8, 4) is 0 Å². The molecule has 21 heavy (non-hydrogen) atoms. The van der Waals surface area contributed by atoms with Gasteiger partial charge in [-0.2, -0.15) is 0 Å². The Morgan fingerprint density at radius 2 is 2.05 bits per heavy atom. The van der Waals surface area contributed by atoms with Crippen LogP contribution in [0.2, 0.25) is 0 Å². The number of thiocarbonyl (C=S) groups is 1. The molecule has 0 aliphatic carbocycles. The lowest BCUT2D eigenvalue weighted by molar-refractivity contribution is -0.122. The van der Waals surface area contributed by atoms with Gasteiger partial charge in [0, 0.05) is 6.54 Å². The number of esters is 1. The van der Waals surface area contributed by atoms with E-state index in [9.17, 15) is 9.59 Å². The van der Waals surface area contributed by atoms with Crippen molar-refractivity contribution in [2.24, 2.45) is 0 Å². The molecule has 0 aromatic heterocycles. The van der Waals surface area contributed by atoms with Gasteiger partial charge in [0.15, 0.2) is 0 Å². The number of carbonyl (C=O) groups excluding carboxylic acids is 2. The monoisotopic (exact) mass is 321 g/mol. The van der Waals surface area contributed by atoms with Crippen LogP contribution in [0, 0.1) is 0 Å². The van der Waals surface area contributed by atoms with Crippen molar-refractivity contribution in [1.29, 1.82) is 0 Å². The molecule has 4 nitrogen and oxygen atoms in total. The van der Waals surface area contributed by atoms with Gasteiger partial charge in [0.25, 0.3) is 5.91 Å². The van der Waals surface area contributed by atoms with Crippen molar-refractivity contribution in [1.82, 2.24) is 4.90 Å². The molecule has 0 bridgehead atoms. The molecule has 0 radical (unpaired) electrons. The Labute approximate surface area is 133 Å². The highest BCUT2D eigenvalue weighted by Crippen LogP contribution is 2.32. The summed E-state index contributed by atoms with van der Waals surface area (Å²) < 4.78 is 5.24. The molecule has 6 heteroatoms. The highest BCUT2D eigenvalue weighted by Gasteiger charge is 2.31. The van der Waals surface area contributed by atoms with Crippen molar-refractivity contribution in [3.05, 3.63) is 40.3 Å². The van der Waals surface area contributed by atoms with Crippen LogP contribution in [-0.4, -0.2) is 34.8 Å². The van der Waals surface area contributed by atoms with Gasteiger partial charge in [0.1, 0.15) is 4.32 Å². The Kier molecular flexibility index (Phi) is 5.14. The smallest absolute Gasteiger partial charge is 0.337 e. The van der Waals surface area contributed by atoms with E-state index in [2.05, 4.69) is 4.74 Å². The lowest BCUT2D eigenvalue weighted by Crippen LogP contribution is -2.28. The number of hydrogen-bond donors (Lipinski definition) is 0. The van der Waals surface area contributed by atoms with E-state index >= 15 is 0 Å². The third kappa shape index (κ3) is 3.51. The number of thioether (sulfide) groups is 1. The molecule has 1 fully saturated rings. The van der Waals surface area contributed by atoms with Gasteiger partial charge in [-0.05, 0) is 30.2 Å². The van der Waals surface area contributed by atoms with Crippen LogP contribution in [0.4, 0.5) is 0 Å². The molecule has 110 valence electrons. The number of benzene rings is 1. The van der Waals surface area contributed by atoms with Crippen LogP contribution in [0.25, 0.3) is 6.08 Å².